The van der Waals surface area contributed by atoms with E-state index in [1.54, 1.807) is 7.11 Å². The van der Waals surface area contributed by atoms with Crippen LogP contribution < -0.4 is 0 Å². The van der Waals surface area contributed by atoms with Crippen molar-refractivity contribution in [1.29, 1.82) is 0 Å². The van der Waals surface area contributed by atoms with E-state index in [4.69, 9.17) is 14.2 Å². The highest BCUT2D eigenvalue weighted by molar-refractivity contribution is 4.52. The molecule has 0 aromatic heterocycles. The summed E-state index contributed by atoms with van der Waals surface area (Å²) < 4.78 is 16.1. The van der Waals surface area contributed by atoms with Gasteiger partial charge in [0.25, 0.3) is 0 Å². The lowest BCUT2D eigenvalue weighted by Gasteiger charge is -2.16. The fourth-order valence-corrected chi connectivity index (χ4v) is 0.886. The summed E-state index contributed by atoms with van der Waals surface area (Å²) in [6.07, 6.45) is 0.300. The van der Waals surface area contributed by atoms with Gasteiger partial charge in [-0.3, -0.25) is 0 Å². The summed E-state index contributed by atoms with van der Waals surface area (Å²) in [6.45, 7) is 10.4. The van der Waals surface area contributed by atoms with Crippen molar-refractivity contribution in [3.8, 4) is 0 Å². The van der Waals surface area contributed by atoms with E-state index in [1.807, 2.05) is 13.8 Å². The molecule has 3 heteroatoms. The standard InChI is InChI=1S/C11H24O3/c1-9(2)6-13-7-11(4)14-8-10(3)12-5/h9-11H,6-8H2,1-5H3. The lowest BCUT2D eigenvalue weighted by atomic mass is 10.2. The van der Waals surface area contributed by atoms with Crippen molar-refractivity contribution in [3.63, 3.8) is 0 Å². The molecule has 2 atom stereocenters. The van der Waals surface area contributed by atoms with Gasteiger partial charge < -0.3 is 14.2 Å². The Kier molecular flexibility index (Phi) is 8.14. The molecule has 0 heterocycles. The molecule has 0 aromatic rings. The van der Waals surface area contributed by atoms with Gasteiger partial charge in [0.15, 0.2) is 0 Å². The Morgan fingerprint density at radius 1 is 0.857 bits per heavy atom. The molecule has 0 amide bonds. The van der Waals surface area contributed by atoms with E-state index in [0.717, 1.165) is 6.61 Å². The fraction of sp³-hybridized carbons (Fsp3) is 1.00. The third kappa shape index (κ3) is 8.48. The van der Waals surface area contributed by atoms with Crippen LogP contribution in [-0.2, 0) is 14.2 Å². The molecule has 3 nitrogen and oxygen atoms in total. The molecule has 0 saturated carbocycles. The third-order valence-corrected chi connectivity index (χ3v) is 1.82. The molecule has 0 rings (SSSR count). The maximum absolute atomic E-state index is 5.53. The van der Waals surface area contributed by atoms with Crippen molar-refractivity contribution < 1.29 is 14.2 Å². The molecule has 2 unspecified atom stereocenters. The van der Waals surface area contributed by atoms with Crippen LogP contribution in [0.3, 0.4) is 0 Å². The van der Waals surface area contributed by atoms with Gasteiger partial charge >= 0.3 is 0 Å². The largest absolute Gasteiger partial charge is 0.379 e. The van der Waals surface area contributed by atoms with Crippen LogP contribution in [0.5, 0.6) is 0 Å². The zero-order chi connectivity index (χ0) is 11.0. The zero-order valence-corrected chi connectivity index (χ0v) is 10.1. The van der Waals surface area contributed by atoms with Gasteiger partial charge in [0.05, 0.1) is 25.4 Å². The molecule has 0 fully saturated rings. The van der Waals surface area contributed by atoms with E-state index >= 15 is 0 Å². The average molecular weight is 204 g/mol. The molecular formula is C11H24O3. The molecule has 0 radical (unpaired) electrons. The monoisotopic (exact) mass is 204 g/mol. The van der Waals surface area contributed by atoms with Crippen molar-refractivity contribution in [1.82, 2.24) is 0 Å². The molecule has 0 spiro atoms. The lowest BCUT2D eigenvalue weighted by Crippen LogP contribution is -2.23. The second kappa shape index (κ2) is 8.21. The van der Waals surface area contributed by atoms with E-state index < -0.39 is 0 Å². The molecule has 0 aliphatic rings. The third-order valence-electron chi connectivity index (χ3n) is 1.82. The van der Waals surface area contributed by atoms with Gasteiger partial charge in [0.1, 0.15) is 0 Å². The molecule has 14 heavy (non-hydrogen) atoms. The molecule has 0 aromatic carbocycles. The smallest absolute Gasteiger partial charge is 0.0781 e. The van der Waals surface area contributed by atoms with Crippen molar-refractivity contribution in [2.24, 2.45) is 5.92 Å². The minimum atomic E-state index is 0.145. The molecule has 0 saturated heterocycles. The Labute approximate surface area is 87.7 Å². The zero-order valence-electron chi connectivity index (χ0n) is 10.1. The highest BCUT2D eigenvalue weighted by Crippen LogP contribution is 1.98. The first kappa shape index (κ1) is 13.9. The maximum atomic E-state index is 5.53. The van der Waals surface area contributed by atoms with Crippen LogP contribution in [0.4, 0.5) is 0 Å². The molecule has 0 aliphatic carbocycles. The Balaban J connectivity index is 3.32. The predicted octanol–water partition coefficient (Wildman–Crippen LogP) is 2.10. The van der Waals surface area contributed by atoms with E-state index in [1.165, 1.54) is 0 Å². The van der Waals surface area contributed by atoms with Crippen LogP contribution in [0.1, 0.15) is 27.7 Å². The molecule has 0 aliphatic heterocycles. The Bertz CT molecular complexity index is 126. The van der Waals surface area contributed by atoms with Gasteiger partial charge in [-0.05, 0) is 19.8 Å². The van der Waals surface area contributed by atoms with Crippen LogP contribution in [0, 0.1) is 5.92 Å². The van der Waals surface area contributed by atoms with Crippen molar-refractivity contribution in [2.75, 3.05) is 26.9 Å². The maximum Gasteiger partial charge on any atom is 0.0781 e. The van der Waals surface area contributed by atoms with E-state index in [-0.39, 0.29) is 12.2 Å². The van der Waals surface area contributed by atoms with Crippen LogP contribution >= 0.6 is 0 Å². The van der Waals surface area contributed by atoms with Gasteiger partial charge in [-0.2, -0.15) is 0 Å². The lowest BCUT2D eigenvalue weighted by molar-refractivity contribution is -0.0494. The molecule has 0 N–H and O–H groups in total. The summed E-state index contributed by atoms with van der Waals surface area (Å²) in [4.78, 5) is 0. The van der Waals surface area contributed by atoms with Crippen LogP contribution in [0.15, 0.2) is 0 Å². The second-order valence-electron chi connectivity index (χ2n) is 4.12. The van der Waals surface area contributed by atoms with Gasteiger partial charge in [0.2, 0.25) is 0 Å². The molecular weight excluding hydrogens is 180 g/mol. The number of rotatable bonds is 8. The number of ether oxygens (including phenoxy) is 3. The summed E-state index contributed by atoms with van der Waals surface area (Å²) in [5, 5.41) is 0. The van der Waals surface area contributed by atoms with Crippen molar-refractivity contribution in [2.45, 2.75) is 39.9 Å². The molecule has 86 valence electrons. The van der Waals surface area contributed by atoms with E-state index in [0.29, 0.717) is 19.1 Å². The minimum Gasteiger partial charge on any atom is -0.379 e. The number of hydrogen-bond donors (Lipinski definition) is 0. The minimum absolute atomic E-state index is 0.145. The quantitative estimate of drug-likeness (QED) is 0.606. The summed E-state index contributed by atoms with van der Waals surface area (Å²) >= 11 is 0. The first-order valence-corrected chi connectivity index (χ1v) is 5.28. The average Bonchev–Trinajstić information content (AvgIpc) is 2.13. The number of methoxy groups -OCH3 is 1. The van der Waals surface area contributed by atoms with E-state index in [2.05, 4.69) is 13.8 Å². The summed E-state index contributed by atoms with van der Waals surface area (Å²) in [7, 11) is 1.69. The van der Waals surface area contributed by atoms with Crippen molar-refractivity contribution in [3.05, 3.63) is 0 Å². The summed E-state index contributed by atoms with van der Waals surface area (Å²) in [6, 6.07) is 0. The van der Waals surface area contributed by atoms with Gasteiger partial charge in [-0.1, -0.05) is 13.8 Å². The predicted molar refractivity (Wildman–Crippen MR) is 57.5 cm³/mol. The first-order valence-electron chi connectivity index (χ1n) is 5.28. The highest BCUT2D eigenvalue weighted by atomic mass is 16.6. The van der Waals surface area contributed by atoms with Crippen LogP contribution in [-0.4, -0.2) is 39.1 Å². The Morgan fingerprint density at radius 2 is 1.50 bits per heavy atom. The number of hydrogen-bond acceptors (Lipinski definition) is 3. The van der Waals surface area contributed by atoms with Gasteiger partial charge in [-0.15, -0.1) is 0 Å². The van der Waals surface area contributed by atoms with Gasteiger partial charge in [-0.25, -0.2) is 0 Å². The van der Waals surface area contributed by atoms with Crippen LogP contribution in [0.2, 0.25) is 0 Å². The summed E-state index contributed by atoms with van der Waals surface area (Å²) in [5.74, 6) is 0.583. The summed E-state index contributed by atoms with van der Waals surface area (Å²) in [5.41, 5.74) is 0. The topological polar surface area (TPSA) is 27.7 Å². The second-order valence-corrected chi connectivity index (χ2v) is 4.12. The van der Waals surface area contributed by atoms with Gasteiger partial charge in [0, 0.05) is 13.7 Å². The Morgan fingerprint density at radius 3 is 2.00 bits per heavy atom. The molecule has 0 bridgehead atoms. The highest BCUT2D eigenvalue weighted by Gasteiger charge is 2.06. The van der Waals surface area contributed by atoms with E-state index in [9.17, 15) is 0 Å². The fourth-order valence-electron chi connectivity index (χ4n) is 0.886. The first-order chi connectivity index (χ1) is 6.56. The SMILES string of the molecule is COC(C)COC(C)COCC(C)C. The van der Waals surface area contributed by atoms with Crippen LogP contribution in [0.25, 0.3) is 0 Å². The Hall–Kier alpha value is -0.120. The van der Waals surface area contributed by atoms with Crippen molar-refractivity contribution >= 4 is 0 Å². The normalized spacial score (nSPS) is 15.9.